The van der Waals surface area contributed by atoms with Gasteiger partial charge in [-0.25, -0.2) is 8.78 Å². The van der Waals surface area contributed by atoms with Crippen LogP contribution >= 0.6 is 11.6 Å². The number of hydrogen-bond donors (Lipinski definition) is 1. The molecule has 1 N–H and O–H groups in total. The molecule has 1 aromatic rings. The van der Waals surface area contributed by atoms with Gasteiger partial charge < -0.3 is 5.11 Å². The minimum atomic E-state index is -1.20. The van der Waals surface area contributed by atoms with Crippen molar-refractivity contribution in [1.29, 1.82) is 0 Å². The first-order chi connectivity index (χ1) is 6.97. The van der Waals surface area contributed by atoms with E-state index in [1.165, 1.54) is 0 Å². The zero-order chi connectivity index (χ0) is 11.6. The van der Waals surface area contributed by atoms with Crippen molar-refractivity contribution in [1.82, 2.24) is 0 Å². The molecule has 0 aliphatic rings. The molecule has 0 radical (unpaired) electrons. The van der Waals surface area contributed by atoms with Gasteiger partial charge in [-0.3, -0.25) is 4.79 Å². The zero-order valence-corrected chi connectivity index (χ0v) is 8.68. The lowest BCUT2D eigenvalue weighted by atomic mass is 9.96. The topological polar surface area (TPSA) is 37.3 Å². The summed E-state index contributed by atoms with van der Waals surface area (Å²) in [6.07, 6.45) is 0.173. The molecule has 0 fully saturated rings. The molecule has 0 spiro atoms. The SMILES string of the molecule is CCC(C(=O)O)c1cc(Cl)cc(F)c1F. The number of carboxylic acids is 1. The van der Waals surface area contributed by atoms with Gasteiger partial charge in [0.15, 0.2) is 11.6 Å². The molecule has 1 unspecified atom stereocenters. The summed E-state index contributed by atoms with van der Waals surface area (Å²) in [5.41, 5.74) is -0.213. The lowest BCUT2D eigenvalue weighted by Crippen LogP contribution is -2.13. The number of rotatable bonds is 3. The molecule has 82 valence electrons. The first kappa shape index (κ1) is 11.9. The van der Waals surface area contributed by atoms with Gasteiger partial charge in [0, 0.05) is 10.6 Å². The standard InChI is InChI=1S/C10H9ClF2O2/c1-2-6(10(14)15)7-3-5(11)4-8(12)9(7)13/h3-4,6H,2H2,1H3,(H,14,15). The number of carbonyl (C=O) groups is 1. The number of halogens is 3. The summed E-state index contributed by atoms with van der Waals surface area (Å²) in [6.45, 7) is 1.58. The Labute approximate surface area is 90.5 Å². The predicted molar refractivity (Wildman–Crippen MR) is 52.0 cm³/mol. The van der Waals surface area contributed by atoms with Crippen LogP contribution in [0.1, 0.15) is 24.8 Å². The van der Waals surface area contributed by atoms with Crippen molar-refractivity contribution in [3.8, 4) is 0 Å². The fraction of sp³-hybridized carbons (Fsp3) is 0.300. The fourth-order valence-electron chi connectivity index (χ4n) is 1.36. The van der Waals surface area contributed by atoms with Crippen LogP contribution in [0.2, 0.25) is 5.02 Å². The average Bonchev–Trinajstić information content (AvgIpc) is 2.13. The summed E-state index contributed by atoms with van der Waals surface area (Å²) in [4.78, 5) is 10.8. The zero-order valence-electron chi connectivity index (χ0n) is 7.93. The van der Waals surface area contributed by atoms with Crippen LogP contribution in [0.25, 0.3) is 0 Å². The number of benzene rings is 1. The first-order valence-corrected chi connectivity index (χ1v) is 4.72. The Morgan fingerprint density at radius 1 is 1.53 bits per heavy atom. The largest absolute Gasteiger partial charge is 0.481 e. The monoisotopic (exact) mass is 234 g/mol. The molecule has 1 rings (SSSR count). The van der Waals surface area contributed by atoms with Crippen LogP contribution in [0.15, 0.2) is 12.1 Å². The van der Waals surface area contributed by atoms with Crippen molar-refractivity contribution in [3.63, 3.8) is 0 Å². The Balaban J connectivity index is 3.28. The van der Waals surface area contributed by atoms with E-state index in [9.17, 15) is 13.6 Å². The Morgan fingerprint density at radius 3 is 2.60 bits per heavy atom. The van der Waals surface area contributed by atoms with Gasteiger partial charge in [-0.2, -0.15) is 0 Å². The van der Waals surface area contributed by atoms with Gasteiger partial charge in [-0.15, -0.1) is 0 Å². The minimum Gasteiger partial charge on any atom is -0.481 e. The van der Waals surface area contributed by atoms with E-state index < -0.39 is 23.5 Å². The molecule has 2 nitrogen and oxygen atoms in total. The molecule has 15 heavy (non-hydrogen) atoms. The molecule has 0 aliphatic carbocycles. The van der Waals surface area contributed by atoms with E-state index in [4.69, 9.17) is 16.7 Å². The number of aliphatic carboxylic acids is 1. The van der Waals surface area contributed by atoms with Gasteiger partial charge >= 0.3 is 5.97 Å². The van der Waals surface area contributed by atoms with Crippen LogP contribution < -0.4 is 0 Å². The fourth-order valence-corrected chi connectivity index (χ4v) is 1.57. The number of carboxylic acid groups (broad SMARTS) is 1. The third-order valence-electron chi connectivity index (χ3n) is 2.10. The molecule has 0 saturated carbocycles. The lowest BCUT2D eigenvalue weighted by Gasteiger charge is -2.11. The summed E-state index contributed by atoms with van der Waals surface area (Å²) in [6, 6.07) is 1.96. The van der Waals surface area contributed by atoms with E-state index in [0.29, 0.717) is 0 Å². The van der Waals surface area contributed by atoms with E-state index in [0.717, 1.165) is 12.1 Å². The normalized spacial score (nSPS) is 12.5. The maximum atomic E-state index is 13.3. The highest BCUT2D eigenvalue weighted by Crippen LogP contribution is 2.27. The molecule has 0 bridgehead atoms. The maximum Gasteiger partial charge on any atom is 0.311 e. The van der Waals surface area contributed by atoms with Gasteiger partial charge in [0.25, 0.3) is 0 Å². The smallest absolute Gasteiger partial charge is 0.311 e. The summed E-state index contributed by atoms with van der Waals surface area (Å²) < 4.78 is 26.2. The van der Waals surface area contributed by atoms with Crippen molar-refractivity contribution >= 4 is 17.6 Å². The van der Waals surface area contributed by atoms with Crippen molar-refractivity contribution < 1.29 is 18.7 Å². The highest BCUT2D eigenvalue weighted by Gasteiger charge is 2.23. The molecule has 0 aliphatic heterocycles. The molecule has 0 amide bonds. The molecule has 5 heteroatoms. The van der Waals surface area contributed by atoms with Crippen LogP contribution in [-0.4, -0.2) is 11.1 Å². The Kier molecular flexibility index (Phi) is 3.63. The summed E-state index contributed by atoms with van der Waals surface area (Å²) in [5, 5.41) is 8.79. The van der Waals surface area contributed by atoms with Crippen LogP contribution in [-0.2, 0) is 4.79 Å². The first-order valence-electron chi connectivity index (χ1n) is 4.34. The number of hydrogen-bond acceptors (Lipinski definition) is 1. The molecule has 0 aromatic heterocycles. The van der Waals surface area contributed by atoms with E-state index in [1.54, 1.807) is 6.92 Å². The molecule has 1 aromatic carbocycles. The minimum absolute atomic E-state index is 0.0106. The van der Waals surface area contributed by atoms with Gasteiger partial charge in [-0.1, -0.05) is 18.5 Å². The van der Waals surface area contributed by atoms with E-state index in [2.05, 4.69) is 0 Å². The molecule has 1 atom stereocenters. The molecular formula is C10H9ClF2O2. The third kappa shape index (κ3) is 2.45. The predicted octanol–water partition coefficient (Wildman–Crippen LogP) is 3.20. The quantitative estimate of drug-likeness (QED) is 0.816. The Bertz CT molecular complexity index is 393. The van der Waals surface area contributed by atoms with Crippen molar-refractivity contribution in [2.75, 3.05) is 0 Å². The van der Waals surface area contributed by atoms with Crippen LogP contribution in [0, 0.1) is 11.6 Å². The highest BCUT2D eigenvalue weighted by molar-refractivity contribution is 6.30. The van der Waals surface area contributed by atoms with Gasteiger partial charge in [0.1, 0.15) is 0 Å². The molecule has 0 saturated heterocycles. The second kappa shape index (κ2) is 4.57. The Morgan fingerprint density at radius 2 is 2.13 bits per heavy atom. The lowest BCUT2D eigenvalue weighted by molar-refractivity contribution is -0.138. The Hall–Kier alpha value is -1.16. The highest BCUT2D eigenvalue weighted by atomic mass is 35.5. The molecular weight excluding hydrogens is 226 g/mol. The van der Waals surface area contributed by atoms with E-state index in [1.807, 2.05) is 0 Å². The van der Waals surface area contributed by atoms with Crippen molar-refractivity contribution in [3.05, 3.63) is 34.4 Å². The second-order valence-corrected chi connectivity index (χ2v) is 3.53. The van der Waals surface area contributed by atoms with Crippen molar-refractivity contribution in [2.45, 2.75) is 19.3 Å². The van der Waals surface area contributed by atoms with Gasteiger partial charge in [-0.05, 0) is 18.6 Å². The maximum absolute atomic E-state index is 13.3. The summed E-state index contributed by atoms with van der Waals surface area (Å²) in [5.74, 6) is -4.54. The van der Waals surface area contributed by atoms with Crippen LogP contribution in [0.4, 0.5) is 8.78 Å². The molecule has 0 heterocycles. The van der Waals surface area contributed by atoms with Crippen LogP contribution in [0.5, 0.6) is 0 Å². The summed E-state index contributed by atoms with van der Waals surface area (Å²) >= 11 is 5.53. The van der Waals surface area contributed by atoms with E-state index in [-0.39, 0.29) is 17.0 Å². The van der Waals surface area contributed by atoms with Crippen molar-refractivity contribution in [2.24, 2.45) is 0 Å². The second-order valence-electron chi connectivity index (χ2n) is 3.09. The third-order valence-corrected chi connectivity index (χ3v) is 2.32. The van der Waals surface area contributed by atoms with Crippen LogP contribution in [0.3, 0.4) is 0 Å². The van der Waals surface area contributed by atoms with E-state index >= 15 is 0 Å². The average molecular weight is 235 g/mol. The summed E-state index contributed by atoms with van der Waals surface area (Å²) in [7, 11) is 0. The van der Waals surface area contributed by atoms with Gasteiger partial charge in [0.05, 0.1) is 5.92 Å². The van der Waals surface area contributed by atoms with Gasteiger partial charge in [0.2, 0.25) is 0 Å².